The lowest BCUT2D eigenvalue weighted by Crippen LogP contribution is -3.10. The van der Waals surface area contributed by atoms with Crippen LogP contribution in [0.5, 0.6) is 0 Å². The van der Waals surface area contributed by atoms with Gasteiger partial charge in [-0.2, -0.15) is 0 Å². The molecule has 0 amide bonds. The zero-order chi connectivity index (χ0) is 16.2. The highest BCUT2D eigenvalue weighted by atomic mass is 15.2. The minimum absolute atomic E-state index is 0.720. The number of benzene rings is 1. The molecule has 1 aromatic carbocycles. The smallest absolute Gasteiger partial charge is 0.163 e. The number of quaternary nitrogens is 1. The fourth-order valence-electron chi connectivity index (χ4n) is 3.32. The second kappa shape index (κ2) is 6.93. The molecule has 5 heteroatoms. The lowest BCUT2D eigenvalue weighted by molar-refractivity contribution is -0.885. The molecule has 0 atom stereocenters. The van der Waals surface area contributed by atoms with Crippen molar-refractivity contribution in [3.63, 3.8) is 0 Å². The normalized spacial score (nSPS) is 15.0. The number of hydrogen-bond donors (Lipinski definition) is 2. The van der Waals surface area contributed by atoms with Crippen LogP contribution < -0.4 is 10.2 Å². The van der Waals surface area contributed by atoms with Crippen LogP contribution in [0.15, 0.2) is 48.8 Å². The van der Waals surface area contributed by atoms with Crippen molar-refractivity contribution in [2.45, 2.75) is 12.8 Å². The van der Waals surface area contributed by atoms with E-state index in [4.69, 9.17) is 9.97 Å². The number of likely N-dealkylation sites (tertiary alicyclic amines) is 1. The SMILES string of the molecule is c1cncc(-c2nc(NCC[NH+]3CCCC3)c3ccccc3n2)c1. The van der Waals surface area contributed by atoms with Gasteiger partial charge in [-0.1, -0.05) is 12.1 Å². The third kappa shape index (κ3) is 3.21. The molecule has 3 aromatic rings. The van der Waals surface area contributed by atoms with Crippen LogP contribution in [0.2, 0.25) is 0 Å². The maximum absolute atomic E-state index is 4.76. The first-order chi connectivity index (χ1) is 11.9. The third-order valence-corrected chi connectivity index (χ3v) is 4.60. The highest BCUT2D eigenvalue weighted by Crippen LogP contribution is 2.24. The van der Waals surface area contributed by atoms with Crippen LogP contribution in [-0.2, 0) is 0 Å². The fraction of sp³-hybridized carbons (Fsp3) is 0.316. The second-order valence-electron chi connectivity index (χ2n) is 6.29. The van der Waals surface area contributed by atoms with Crippen molar-refractivity contribution in [1.82, 2.24) is 15.0 Å². The van der Waals surface area contributed by atoms with Crippen molar-refractivity contribution < 1.29 is 4.90 Å². The molecule has 3 heterocycles. The lowest BCUT2D eigenvalue weighted by atomic mass is 10.2. The Morgan fingerprint density at radius 3 is 2.71 bits per heavy atom. The summed E-state index contributed by atoms with van der Waals surface area (Å²) in [6.07, 6.45) is 6.29. The molecule has 5 nitrogen and oxygen atoms in total. The molecule has 0 bridgehead atoms. The number of aromatic nitrogens is 3. The average molecular weight is 320 g/mol. The van der Waals surface area contributed by atoms with Crippen molar-refractivity contribution in [2.24, 2.45) is 0 Å². The van der Waals surface area contributed by atoms with E-state index in [1.165, 1.54) is 25.9 Å². The largest absolute Gasteiger partial charge is 0.364 e. The molecule has 0 unspecified atom stereocenters. The highest BCUT2D eigenvalue weighted by molar-refractivity contribution is 5.90. The van der Waals surface area contributed by atoms with Gasteiger partial charge in [0.2, 0.25) is 0 Å². The molecule has 24 heavy (non-hydrogen) atoms. The van der Waals surface area contributed by atoms with Crippen LogP contribution in [0.4, 0.5) is 5.82 Å². The van der Waals surface area contributed by atoms with Gasteiger partial charge in [0.15, 0.2) is 5.82 Å². The minimum Gasteiger partial charge on any atom is -0.364 e. The summed E-state index contributed by atoms with van der Waals surface area (Å²) in [5.41, 5.74) is 1.90. The Hall–Kier alpha value is -2.53. The molecule has 2 N–H and O–H groups in total. The first-order valence-corrected chi connectivity index (χ1v) is 8.65. The second-order valence-corrected chi connectivity index (χ2v) is 6.29. The summed E-state index contributed by atoms with van der Waals surface area (Å²) < 4.78 is 0. The van der Waals surface area contributed by atoms with Gasteiger partial charge in [-0.25, -0.2) is 9.97 Å². The van der Waals surface area contributed by atoms with Gasteiger partial charge in [-0.3, -0.25) is 4.98 Å². The van der Waals surface area contributed by atoms with Crippen LogP contribution in [0.1, 0.15) is 12.8 Å². The Morgan fingerprint density at radius 1 is 1.00 bits per heavy atom. The number of nitrogens with zero attached hydrogens (tertiary/aromatic N) is 3. The zero-order valence-electron chi connectivity index (χ0n) is 13.7. The van der Waals surface area contributed by atoms with Crippen molar-refractivity contribution in [1.29, 1.82) is 0 Å². The van der Waals surface area contributed by atoms with E-state index in [0.29, 0.717) is 0 Å². The molecule has 1 aliphatic rings. The van der Waals surface area contributed by atoms with Crippen LogP contribution in [0.25, 0.3) is 22.3 Å². The Kier molecular flexibility index (Phi) is 4.34. The van der Waals surface area contributed by atoms with Gasteiger partial charge in [0.25, 0.3) is 0 Å². The number of rotatable bonds is 5. The van der Waals surface area contributed by atoms with Crippen LogP contribution in [-0.4, -0.2) is 41.1 Å². The quantitative estimate of drug-likeness (QED) is 0.752. The monoisotopic (exact) mass is 320 g/mol. The van der Waals surface area contributed by atoms with Gasteiger partial charge in [0.05, 0.1) is 31.7 Å². The number of hydrogen-bond acceptors (Lipinski definition) is 4. The fourth-order valence-corrected chi connectivity index (χ4v) is 3.32. The number of anilines is 1. The molecule has 0 aliphatic carbocycles. The predicted octanol–water partition coefficient (Wildman–Crippen LogP) is 1.78. The average Bonchev–Trinajstić information content (AvgIpc) is 3.16. The molecule has 1 fully saturated rings. The van der Waals surface area contributed by atoms with Crippen molar-refractivity contribution in [2.75, 3.05) is 31.5 Å². The summed E-state index contributed by atoms with van der Waals surface area (Å²) in [6, 6.07) is 12.1. The number of pyridine rings is 1. The van der Waals surface area contributed by atoms with E-state index in [-0.39, 0.29) is 0 Å². The van der Waals surface area contributed by atoms with Gasteiger partial charge in [-0.05, 0) is 24.3 Å². The van der Waals surface area contributed by atoms with Gasteiger partial charge >= 0.3 is 0 Å². The molecule has 2 aromatic heterocycles. The molecule has 0 spiro atoms. The summed E-state index contributed by atoms with van der Waals surface area (Å²) >= 11 is 0. The Bertz CT molecular complexity index is 812. The lowest BCUT2D eigenvalue weighted by Gasteiger charge is -2.14. The van der Waals surface area contributed by atoms with Crippen LogP contribution in [0, 0.1) is 0 Å². The van der Waals surface area contributed by atoms with Crippen molar-refractivity contribution >= 4 is 16.7 Å². The third-order valence-electron chi connectivity index (χ3n) is 4.60. The van der Waals surface area contributed by atoms with Crippen molar-refractivity contribution in [3.8, 4) is 11.4 Å². The highest BCUT2D eigenvalue weighted by Gasteiger charge is 2.15. The molecule has 1 aliphatic heterocycles. The number of nitrogens with one attached hydrogen (secondary N) is 2. The van der Waals surface area contributed by atoms with E-state index in [9.17, 15) is 0 Å². The molecular weight excluding hydrogens is 298 g/mol. The van der Waals surface area contributed by atoms with Gasteiger partial charge in [-0.15, -0.1) is 0 Å². The molecule has 0 radical (unpaired) electrons. The van der Waals surface area contributed by atoms with E-state index in [0.717, 1.165) is 41.2 Å². The predicted molar refractivity (Wildman–Crippen MR) is 96.1 cm³/mol. The topological polar surface area (TPSA) is 55.1 Å². The van der Waals surface area contributed by atoms with E-state index in [1.54, 1.807) is 11.1 Å². The molecule has 4 rings (SSSR count). The van der Waals surface area contributed by atoms with E-state index in [1.807, 2.05) is 36.5 Å². The molecule has 1 saturated heterocycles. The number of fused-ring (bicyclic) bond motifs is 1. The van der Waals surface area contributed by atoms with Gasteiger partial charge in [0, 0.05) is 36.2 Å². The van der Waals surface area contributed by atoms with Crippen molar-refractivity contribution in [3.05, 3.63) is 48.8 Å². The number of para-hydroxylation sites is 1. The van der Waals surface area contributed by atoms with Gasteiger partial charge < -0.3 is 10.2 Å². The summed E-state index contributed by atoms with van der Waals surface area (Å²) in [5, 5.41) is 4.60. The maximum atomic E-state index is 4.76. The zero-order valence-corrected chi connectivity index (χ0v) is 13.7. The Morgan fingerprint density at radius 2 is 1.88 bits per heavy atom. The summed E-state index contributed by atoms with van der Waals surface area (Å²) in [5.74, 6) is 1.64. The van der Waals surface area contributed by atoms with E-state index < -0.39 is 0 Å². The first kappa shape index (κ1) is 15.0. The molecular formula is C19H22N5+. The van der Waals surface area contributed by atoms with E-state index in [2.05, 4.69) is 16.4 Å². The summed E-state index contributed by atoms with van der Waals surface area (Å²) in [7, 11) is 0. The molecule has 122 valence electrons. The van der Waals surface area contributed by atoms with Crippen LogP contribution in [0.3, 0.4) is 0 Å². The summed E-state index contributed by atoms with van der Waals surface area (Å²) in [4.78, 5) is 15.3. The standard InChI is InChI=1S/C19H21N5/c1-2-8-17-16(7-1)19(21-10-13-24-11-3-4-12-24)23-18(22-17)15-6-5-9-20-14-15/h1-2,5-9,14H,3-4,10-13H2,(H,21,22,23)/p+1. The molecule has 0 saturated carbocycles. The maximum Gasteiger partial charge on any atom is 0.163 e. The Labute approximate surface area is 141 Å². The summed E-state index contributed by atoms with van der Waals surface area (Å²) in [6.45, 7) is 4.67. The first-order valence-electron chi connectivity index (χ1n) is 8.65. The van der Waals surface area contributed by atoms with Crippen LogP contribution >= 0.6 is 0 Å². The van der Waals surface area contributed by atoms with E-state index >= 15 is 0 Å². The Balaban J connectivity index is 1.62. The van der Waals surface area contributed by atoms with Gasteiger partial charge in [0.1, 0.15) is 5.82 Å². The minimum atomic E-state index is 0.720.